The summed E-state index contributed by atoms with van der Waals surface area (Å²) < 4.78 is 19.2. The van der Waals surface area contributed by atoms with Gasteiger partial charge in [-0.1, -0.05) is 11.6 Å². The molecular formula is C17H22ClFN2O2. The molecular weight excluding hydrogens is 319 g/mol. The van der Waals surface area contributed by atoms with Crippen LogP contribution in [0.15, 0.2) is 18.2 Å². The predicted octanol–water partition coefficient (Wildman–Crippen LogP) is 2.45. The summed E-state index contributed by atoms with van der Waals surface area (Å²) in [4.78, 5) is 14.5. The molecule has 0 radical (unpaired) electrons. The van der Waals surface area contributed by atoms with E-state index in [9.17, 15) is 9.18 Å². The summed E-state index contributed by atoms with van der Waals surface area (Å²) in [5.41, 5.74) is 0.567. The first-order valence-corrected chi connectivity index (χ1v) is 8.40. The summed E-state index contributed by atoms with van der Waals surface area (Å²) in [5, 5.41) is 3.60. The Morgan fingerprint density at radius 1 is 1.43 bits per heavy atom. The lowest BCUT2D eigenvalue weighted by Gasteiger charge is -2.17. The molecule has 1 aromatic rings. The van der Waals surface area contributed by atoms with Crippen molar-refractivity contribution in [1.29, 1.82) is 0 Å². The number of nitrogens with one attached hydrogen (secondary N) is 1. The SMILES string of the molecule is COC[C@@H]1CN(Cc2cc(Cl)ccc2F)C[C@H]1C(=O)NC1CC1. The summed E-state index contributed by atoms with van der Waals surface area (Å²) in [6, 6.07) is 4.94. The summed E-state index contributed by atoms with van der Waals surface area (Å²) in [7, 11) is 1.65. The quantitative estimate of drug-likeness (QED) is 0.865. The number of benzene rings is 1. The topological polar surface area (TPSA) is 41.6 Å². The van der Waals surface area contributed by atoms with Crippen LogP contribution in [0.2, 0.25) is 5.02 Å². The third-order valence-electron chi connectivity index (χ3n) is 4.56. The third-order valence-corrected chi connectivity index (χ3v) is 4.79. The van der Waals surface area contributed by atoms with E-state index in [1.165, 1.54) is 6.07 Å². The third kappa shape index (κ3) is 4.22. The number of carbonyl (C=O) groups is 1. The van der Waals surface area contributed by atoms with Crippen molar-refractivity contribution in [3.8, 4) is 0 Å². The van der Waals surface area contributed by atoms with Gasteiger partial charge in [0.25, 0.3) is 0 Å². The van der Waals surface area contributed by atoms with Crippen LogP contribution in [-0.4, -0.2) is 43.7 Å². The fourth-order valence-electron chi connectivity index (χ4n) is 3.21. The van der Waals surface area contributed by atoms with Gasteiger partial charge in [0.05, 0.1) is 12.5 Å². The Hall–Kier alpha value is -1.17. The van der Waals surface area contributed by atoms with Gasteiger partial charge >= 0.3 is 0 Å². The van der Waals surface area contributed by atoms with Crippen molar-refractivity contribution in [2.75, 3.05) is 26.8 Å². The summed E-state index contributed by atoms with van der Waals surface area (Å²) >= 11 is 5.95. The van der Waals surface area contributed by atoms with Crippen LogP contribution in [0.3, 0.4) is 0 Å². The van der Waals surface area contributed by atoms with E-state index in [-0.39, 0.29) is 23.6 Å². The zero-order chi connectivity index (χ0) is 16.4. The first-order chi connectivity index (χ1) is 11.1. The molecule has 1 heterocycles. The Kier molecular flexibility index (Phi) is 5.19. The highest BCUT2D eigenvalue weighted by Gasteiger charge is 2.39. The van der Waals surface area contributed by atoms with Gasteiger partial charge in [0.1, 0.15) is 5.82 Å². The van der Waals surface area contributed by atoms with E-state index < -0.39 is 0 Å². The molecule has 0 unspecified atom stereocenters. The largest absolute Gasteiger partial charge is 0.384 e. The molecule has 1 aliphatic carbocycles. The zero-order valence-electron chi connectivity index (χ0n) is 13.2. The number of carbonyl (C=O) groups excluding carboxylic acids is 1. The van der Waals surface area contributed by atoms with Crippen molar-refractivity contribution in [2.45, 2.75) is 25.4 Å². The molecule has 6 heteroatoms. The maximum Gasteiger partial charge on any atom is 0.225 e. The number of methoxy groups -OCH3 is 1. The molecule has 1 N–H and O–H groups in total. The van der Waals surface area contributed by atoms with Gasteiger partial charge in [0.15, 0.2) is 0 Å². The van der Waals surface area contributed by atoms with Crippen molar-refractivity contribution in [1.82, 2.24) is 10.2 Å². The van der Waals surface area contributed by atoms with Gasteiger partial charge in [0, 0.05) is 49.3 Å². The van der Waals surface area contributed by atoms with Gasteiger partial charge in [0.2, 0.25) is 5.91 Å². The molecule has 0 aromatic heterocycles. The number of hydrogen-bond acceptors (Lipinski definition) is 3. The molecule has 0 spiro atoms. The van der Waals surface area contributed by atoms with Gasteiger partial charge in [-0.2, -0.15) is 0 Å². The number of ether oxygens (including phenoxy) is 1. The second kappa shape index (κ2) is 7.16. The molecule has 2 aliphatic rings. The normalized spacial score (nSPS) is 24.8. The standard InChI is InChI=1S/C17H22ClFN2O2/c1-23-10-12-8-21(7-11-6-13(18)2-5-16(11)19)9-15(12)17(22)20-14-3-4-14/h2,5-6,12,14-15H,3-4,7-10H2,1H3,(H,20,22)/t12-,15+/m0/s1. The Balaban J connectivity index is 1.66. The smallest absolute Gasteiger partial charge is 0.225 e. The van der Waals surface area contributed by atoms with Crippen LogP contribution >= 0.6 is 11.6 Å². The minimum atomic E-state index is -0.261. The van der Waals surface area contributed by atoms with Crippen LogP contribution in [0.25, 0.3) is 0 Å². The number of hydrogen-bond donors (Lipinski definition) is 1. The highest BCUT2D eigenvalue weighted by atomic mass is 35.5. The maximum atomic E-state index is 13.9. The fraction of sp³-hybridized carbons (Fsp3) is 0.588. The number of halogens is 2. The Morgan fingerprint density at radius 3 is 2.91 bits per heavy atom. The maximum absolute atomic E-state index is 13.9. The van der Waals surface area contributed by atoms with E-state index in [1.54, 1.807) is 19.2 Å². The molecule has 4 nitrogen and oxygen atoms in total. The molecule has 1 aliphatic heterocycles. The van der Waals surface area contributed by atoms with E-state index in [0.717, 1.165) is 19.4 Å². The number of likely N-dealkylation sites (tertiary alicyclic amines) is 1. The lowest BCUT2D eigenvalue weighted by atomic mass is 9.96. The van der Waals surface area contributed by atoms with Crippen LogP contribution in [0.5, 0.6) is 0 Å². The van der Waals surface area contributed by atoms with Crippen LogP contribution in [0, 0.1) is 17.7 Å². The van der Waals surface area contributed by atoms with Crippen LogP contribution in [0.1, 0.15) is 18.4 Å². The van der Waals surface area contributed by atoms with Crippen molar-refractivity contribution in [3.63, 3.8) is 0 Å². The Labute approximate surface area is 140 Å². The Morgan fingerprint density at radius 2 is 2.22 bits per heavy atom. The van der Waals surface area contributed by atoms with Crippen LogP contribution in [0.4, 0.5) is 4.39 Å². The molecule has 3 rings (SSSR count). The minimum Gasteiger partial charge on any atom is -0.384 e. The highest BCUT2D eigenvalue weighted by molar-refractivity contribution is 6.30. The minimum absolute atomic E-state index is 0.0993. The number of nitrogens with zero attached hydrogens (tertiary/aromatic N) is 1. The second-order valence-electron chi connectivity index (χ2n) is 6.53. The van der Waals surface area contributed by atoms with Gasteiger partial charge in [-0.05, 0) is 31.0 Å². The fourth-order valence-corrected chi connectivity index (χ4v) is 3.41. The van der Waals surface area contributed by atoms with Crippen LogP contribution < -0.4 is 5.32 Å². The zero-order valence-corrected chi connectivity index (χ0v) is 14.0. The summed E-state index contributed by atoms with van der Waals surface area (Å²) in [6.45, 7) is 2.35. The summed E-state index contributed by atoms with van der Waals surface area (Å²) in [6.07, 6.45) is 2.15. The average molecular weight is 341 g/mol. The average Bonchev–Trinajstić information content (AvgIpc) is 3.23. The van der Waals surface area contributed by atoms with Gasteiger partial charge in [-0.25, -0.2) is 4.39 Å². The first kappa shape index (κ1) is 16.7. The van der Waals surface area contributed by atoms with Gasteiger partial charge in [-0.15, -0.1) is 0 Å². The molecule has 1 saturated heterocycles. The van der Waals surface area contributed by atoms with E-state index in [2.05, 4.69) is 10.2 Å². The molecule has 1 aromatic carbocycles. The lowest BCUT2D eigenvalue weighted by Crippen LogP contribution is -2.37. The highest BCUT2D eigenvalue weighted by Crippen LogP contribution is 2.28. The number of rotatable bonds is 6. The van der Waals surface area contributed by atoms with Crippen molar-refractivity contribution < 1.29 is 13.9 Å². The van der Waals surface area contributed by atoms with Crippen LogP contribution in [-0.2, 0) is 16.1 Å². The van der Waals surface area contributed by atoms with Crippen molar-refractivity contribution in [3.05, 3.63) is 34.6 Å². The molecule has 0 bridgehead atoms. The van der Waals surface area contributed by atoms with Crippen molar-refractivity contribution in [2.24, 2.45) is 11.8 Å². The predicted molar refractivity (Wildman–Crippen MR) is 86.7 cm³/mol. The van der Waals surface area contributed by atoms with Gasteiger partial charge < -0.3 is 10.1 Å². The molecule has 1 amide bonds. The second-order valence-corrected chi connectivity index (χ2v) is 6.97. The molecule has 1 saturated carbocycles. The molecule has 23 heavy (non-hydrogen) atoms. The Bertz CT molecular complexity index is 580. The van der Waals surface area contributed by atoms with E-state index in [4.69, 9.17) is 16.3 Å². The first-order valence-electron chi connectivity index (χ1n) is 8.02. The monoisotopic (exact) mass is 340 g/mol. The number of amides is 1. The summed E-state index contributed by atoms with van der Waals surface area (Å²) in [5.74, 6) is -0.119. The van der Waals surface area contributed by atoms with E-state index in [1.807, 2.05) is 0 Å². The molecule has 2 atom stereocenters. The van der Waals surface area contributed by atoms with E-state index >= 15 is 0 Å². The lowest BCUT2D eigenvalue weighted by molar-refractivity contribution is -0.126. The van der Waals surface area contributed by atoms with Crippen molar-refractivity contribution >= 4 is 17.5 Å². The molecule has 126 valence electrons. The van der Waals surface area contributed by atoms with Gasteiger partial charge in [-0.3, -0.25) is 9.69 Å². The molecule has 2 fully saturated rings. The van der Waals surface area contributed by atoms with E-state index in [0.29, 0.717) is 36.3 Å².